The second kappa shape index (κ2) is 9.18. The summed E-state index contributed by atoms with van der Waals surface area (Å²) in [7, 11) is -2.63. The number of hydrogen-bond acceptors (Lipinski definition) is 5. The van der Waals surface area contributed by atoms with Crippen LogP contribution in [0.2, 0.25) is 0 Å². The van der Waals surface area contributed by atoms with Gasteiger partial charge in [-0.2, -0.15) is 5.10 Å². The molecule has 2 atom stereocenters. The van der Waals surface area contributed by atoms with E-state index in [1.165, 1.54) is 27.7 Å². The van der Waals surface area contributed by atoms with Crippen LogP contribution in [0, 0.1) is 25.5 Å². The minimum atomic E-state index is -2.63. The van der Waals surface area contributed by atoms with E-state index in [0.29, 0.717) is 33.9 Å². The average Bonchev–Trinajstić information content (AvgIpc) is 3.51. The molecule has 0 amide bonds. The van der Waals surface area contributed by atoms with Gasteiger partial charge < -0.3 is 5.32 Å². The summed E-state index contributed by atoms with van der Waals surface area (Å²) < 4.78 is 51.0. The number of aryl methyl sites for hydroxylation is 2. The van der Waals surface area contributed by atoms with Gasteiger partial charge in [-0.3, -0.25) is 9.13 Å². The second-order valence-electron chi connectivity index (χ2n) is 9.70. The summed E-state index contributed by atoms with van der Waals surface area (Å²) >= 11 is 0. The minimum Gasteiger partial charge on any atom is -0.310 e. The zero-order valence-electron chi connectivity index (χ0n) is 21.3. The summed E-state index contributed by atoms with van der Waals surface area (Å²) in [6.07, 6.45) is 5.25. The summed E-state index contributed by atoms with van der Waals surface area (Å²) in [5.41, 5.74) is 3.14. The maximum absolute atomic E-state index is 15.5. The zero-order valence-corrected chi connectivity index (χ0v) is 22.9. The summed E-state index contributed by atoms with van der Waals surface area (Å²) in [4.78, 5) is 14.1. The minimum absolute atomic E-state index is 0. The van der Waals surface area contributed by atoms with Crippen molar-refractivity contribution in [2.45, 2.75) is 44.7 Å². The molecule has 0 saturated heterocycles. The topological polar surface area (TPSA) is 86.2 Å². The van der Waals surface area contributed by atoms with E-state index in [9.17, 15) is 13.4 Å². The predicted octanol–water partition coefficient (Wildman–Crippen LogP) is 4.31. The normalized spacial score (nSPS) is 20.0. The third-order valence-corrected chi connectivity index (χ3v) is 9.03. The molecule has 2 aromatic heterocycles. The maximum atomic E-state index is 15.5. The maximum Gasteiger partial charge on any atom is 0.338 e. The molecule has 1 unspecified atom stereocenters. The van der Waals surface area contributed by atoms with Crippen LogP contribution < -0.4 is 11.0 Å². The highest BCUT2D eigenvalue weighted by molar-refractivity contribution is 7.93. The Hall–Kier alpha value is -3.28. The summed E-state index contributed by atoms with van der Waals surface area (Å²) in [5.74, 6) is -0.365. The van der Waals surface area contributed by atoms with Gasteiger partial charge in [0, 0.05) is 48.8 Å². The van der Waals surface area contributed by atoms with Crippen molar-refractivity contribution in [3.05, 3.63) is 86.7 Å². The Morgan fingerprint density at radius 3 is 2.47 bits per heavy atom. The van der Waals surface area contributed by atoms with E-state index in [0.717, 1.165) is 17.8 Å². The van der Waals surface area contributed by atoms with E-state index >= 15 is 4.39 Å². The van der Waals surface area contributed by atoms with Crippen LogP contribution >= 0.6 is 12.4 Å². The molecule has 2 aliphatic rings. The molecule has 0 radical (unpaired) electrons. The number of nitrogens with one attached hydrogen (secondary N) is 1. The molecule has 4 heterocycles. The Morgan fingerprint density at radius 1 is 1.08 bits per heavy atom. The molecular formula is C26H27ClF2N6O2S. The fourth-order valence-corrected chi connectivity index (χ4v) is 6.76. The number of fused-ring (bicyclic) bond motifs is 2. The molecule has 38 heavy (non-hydrogen) atoms. The molecule has 0 bridgehead atoms. The average molecular weight is 561 g/mol. The molecule has 0 spiro atoms. The molecule has 2 aromatic carbocycles. The molecule has 1 N–H and O–H groups in total. The van der Waals surface area contributed by atoms with Gasteiger partial charge in [0.25, 0.3) is 0 Å². The van der Waals surface area contributed by atoms with Gasteiger partial charge in [0.15, 0.2) is 5.82 Å². The van der Waals surface area contributed by atoms with Gasteiger partial charge in [0.05, 0.1) is 38.2 Å². The van der Waals surface area contributed by atoms with Crippen molar-refractivity contribution in [1.82, 2.24) is 24.2 Å². The Balaban J connectivity index is 0.00000294. The third-order valence-electron chi connectivity index (χ3n) is 7.21. The number of halogens is 3. The van der Waals surface area contributed by atoms with Gasteiger partial charge in [0.1, 0.15) is 11.6 Å². The smallest absolute Gasteiger partial charge is 0.310 e. The van der Waals surface area contributed by atoms with Gasteiger partial charge >= 0.3 is 5.69 Å². The molecule has 0 fully saturated rings. The van der Waals surface area contributed by atoms with Crippen molar-refractivity contribution >= 4 is 22.1 Å². The van der Waals surface area contributed by atoms with Crippen LogP contribution in [0.3, 0.4) is 0 Å². The van der Waals surface area contributed by atoms with Gasteiger partial charge in [-0.1, -0.05) is 0 Å². The first kappa shape index (κ1) is 26.3. The van der Waals surface area contributed by atoms with E-state index in [4.69, 9.17) is 5.10 Å². The number of aromatic nitrogens is 4. The lowest BCUT2D eigenvalue weighted by Crippen LogP contribution is -2.30. The number of benzene rings is 2. The molecule has 6 rings (SSSR count). The molecule has 2 aliphatic heterocycles. The van der Waals surface area contributed by atoms with Crippen molar-refractivity contribution in [3.8, 4) is 17.2 Å². The van der Waals surface area contributed by atoms with E-state index in [1.807, 2.05) is 6.92 Å². The largest absolute Gasteiger partial charge is 0.338 e. The highest BCUT2D eigenvalue weighted by Crippen LogP contribution is 2.33. The summed E-state index contributed by atoms with van der Waals surface area (Å²) in [5, 5.41) is 8.25. The van der Waals surface area contributed by atoms with Crippen LogP contribution in [0.5, 0.6) is 0 Å². The van der Waals surface area contributed by atoms with Crippen LogP contribution in [0.15, 0.2) is 50.7 Å². The van der Waals surface area contributed by atoms with Crippen molar-refractivity contribution in [2.24, 2.45) is 4.36 Å². The lowest BCUT2D eigenvalue weighted by atomic mass is 10.0. The molecule has 12 heteroatoms. The lowest BCUT2D eigenvalue weighted by molar-refractivity contribution is 0.536. The standard InChI is InChI=1S/C26H26F2N6O2S.ClH/c1-14-11-17(12-15(2)23(14)27)34-25(22-16(3)29-8-7-19(22)31-34)33-10-9-32(26(33)35)20-5-6-21-18(24(20)28)13-30-37(21,4)36;/h5-6,9-12,16,29H,7-8,13H2,1-4H3;1H/t16-,37?;/m0./s1. The second-order valence-corrected chi connectivity index (χ2v) is 12.0. The SMILES string of the molecule is Cc1cc(-n2nc3c(c2-n2ccn(-c4ccc5c(c4F)CN=S5(C)=O)c2=O)[C@H](C)NCC3)cc(C)c1F.Cl. The van der Waals surface area contributed by atoms with Crippen LogP contribution in [0.25, 0.3) is 17.2 Å². The monoisotopic (exact) mass is 560 g/mol. The lowest BCUT2D eigenvalue weighted by Gasteiger charge is -2.21. The summed E-state index contributed by atoms with van der Waals surface area (Å²) in [6, 6.07) is 6.38. The highest BCUT2D eigenvalue weighted by atomic mass is 35.5. The predicted molar refractivity (Wildman–Crippen MR) is 144 cm³/mol. The number of imidazole rings is 1. The molecule has 0 aliphatic carbocycles. The van der Waals surface area contributed by atoms with Crippen LogP contribution in [-0.2, 0) is 22.7 Å². The highest BCUT2D eigenvalue weighted by Gasteiger charge is 2.30. The van der Waals surface area contributed by atoms with Gasteiger partial charge in [-0.25, -0.2) is 26.8 Å². The van der Waals surface area contributed by atoms with Crippen molar-refractivity contribution in [2.75, 3.05) is 12.8 Å². The fraction of sp³-hybridized carbons (Fsp3) is 0.308. The Labute approximate surface area is 224 Å². The van der Waals surface area contributed by atoms with Crippen LogP contribution in [-0.4, -0.2) is 35.9 Å². The number of hydrogen-bond donors (Lipinski definition) is 1. The first-order chi connectivity index (χ1) is 17.6. The van der Waals surface area contributed by atoms with Crippen LogP contribution in [0.1, 0.15) is 40.9 Å². The summed E-state index contributed by atoms with van der Waals surface area (Å²) in [6.45, 7) is 6.14. The molecule has 200 valence electrons. The Morgan fingerprint density at radius 2 is 1.76 bits per heavy atom. The van der Waals surface area contributed by atoms with E-state index < -0.39 is 21.2 Å². The first-order valence-corrected chi connectivity index (χ1v) is 13.9. The van der Waals surface area contributed by atoms with E-state index in [-0.39, 0.29) is 42.1 Å². The van der Waals surface area contributed by atoms with Gasteiger partial charge in [-0.05, 0) is 56.2 Å². The molecule has 0 saturated carbocycles. The van der Waals surface area contributed by atoms with Gasteiger partial charge in [-0.15, -0.1) is 12.4 Å². The molecular weight excluding hydrogens is 534 g/mol. The quantitative estimate of drug-likeness (QED) is 0.405. The third kappa shape index (κ3) is 3.83. The first-order valence-electron chi connectivity index (χ1n) is 12.0. The van der Waals surface area contributed by atoms with Gasteiger partial charge in [0.2, 0.25) is 0 Å². The van der Waals surface area contributed by atoms with Crippen molar-refractivity contribution < 1.29 is 13.0 Å². The Bertz CT molecular complexity index is 1770. The molecule has 8 nitrogen and oxygen atoms in total. The van der Waals surface area contributed by atoms with E-state index in [1.54, 1.807) is 42.9 Å². The van der Waals surface area contributed by atoms with Crippen molar-refractivity contribution in [1.29, 1.82) is 0 Å². The molecule has 4 aromatic rings. The van der Waals surface area contributed by atoms with E-state index in [2.05, 4.69) is 9.68 Å². The number of rotatable bonds is 3. The zero-order chi connectivity index (χ0) is 26.2. The van der Waals surface area contributed by atoms with Crippen LogP contribution in [0.4, 0.5) is 8.78 Å². The number of nitrogens with zero attached hydrogens (tertiary/aromatic N) is 5. The van der Waals surface area contributed by atoms with Crippen molar-refractivity contribution in [3.63, 3.8) is 0 Å². The Kier molecular flexibility index (Phi) is 6.36. The fourth-order valence-electron chi connectivity index (χ4n) is 5.32.